The summed E-state index contributed by atoms with van der Waals surface area (Å²) in [4.78, 5) is 12.7. The standard InChI is InChI=1S/C14H16BrN3O3/c1-17(2)13(14-4-3-7-21-14)9-16-11-6-5-10(15)8-12(11)18(19)20/h3-8,13,16H,9H2,1-2H3. The van der Waals surface area contributed by atoms with Crippen molar-refractivity contribution in [2.75, 3.05) is 26.0 Å². The van der Waals surface area contributed by atoms with E-state index in [4.69, 9.17) is 4.42 Å². The first-order valence-corrected chi connectivity index (χ1v) is 7.16. The molecule has 0 saturated carbocycles. The van der Waals surface area contributed by atoms with Crippen molar-refractivity contribution in [1.82, 2.24) is 4.90 Å². The molecule has 1 N–H and O–H groups in total. The second kappa shape index (κ2) is 6.73. The van der Waals surface area contributed by atoms with Crippen molar-refractivity contribution in [2.24, 2.45) is 0 Å². The largest absolute Gasteiger partial charge is 0.468 e. The van der Waals surface area contributed by atoms with E-state index >= 15 is 0 Å². The molecule has 1 heterocycles. The van der Waals surface area contributed by atoms with Crippen LogP contribution in [0.1, 0.15) is 11.8 Å². The van der Waals surface area contributed by atoms with Gasteiger partial charge in [0.2, 0.25) is 0 Å². The van der Waals surface area contributed by atoms with Gasteiger partial charge in [0, 0.05) is 17.1 Å². The lowest BCUT2D eigenvalue weighted by molar-refractivity contribution is -0.384. The van der Waals surface area contributed by atoms with E-state index in [1.165, 1.54) is 6.07 Å². The summed E-state index contributed by atoms with van der Waals surface area (Å²) in [5.74, 6) is 0.812. The van der Waals surface area contributed by atoms with Crippen LogP contribution in [-0.2, 0) is 0 Å². The highest BCUT2D eigenvalue weighted by atomic mass is 79.9. The highest BCUT2D eigenvalue weighted by Crippen LogP contribution is 2.29. The minimum atomic E-state index is -0.398. The molecule has 1 aromatic heterocycles. The quantitative estimate of drug-likeness (QED) is 0.633. The van der Waals surface area contributed by atoms with E-state index in [0.29, 0.717) is 16.7 Å². The second-order valence-corrected chi connectivity index (χ2v) is 5.71. The fourth-order valence-electron chi connectivity index (χ4n) is 2.03. The summed E-state index contributed by atoms with van der Waals surface area (Å²) < 4.78 is 6.10. The number of nitro benzene ring substituents is 1. The molecule has 0 aliphatic carbocycles. The van der Waals surface area contributed by atoms with Crippen molar-refractivity contribution in [2.45, 2.75) is 6.04 Å². The average Bonchev–Trinajstić information content (AvgIpc) is 2.93. The molecule has 0 spiro atoms. The molecule has 0 fully saturated rings. The molecule has 6 nitrogen and oxygen atoms in total. The second-order valence-electron chi connectivity index (χ2n) is 4.79. The average molecular weight is 354 g/mol. The van der Waals surface area contributed by atoms with Crippen molar-refractivity contribution in [3.63, 3.8) is 0 Å². The molecular weight excluding hydrogens is 338 g/mol. The number of nitrogens with zero attached hydrogens (tertiary/aromatic N) is 2. The SMILES string of the molecule is CN(C)C(CNc1ccc(Br)cc1[N+](=O)[O-])c1ccco1. The molecule has 0 radical (unpaired) electrons. The van der Waals surface area contributed by atoms with Crippen LogP contribution in [-0.4, -0.2) is 30.5 Å². The highest BCUT2D eigenvalue weighted by molar-refractivity contribution is 9.10. The van der Waals surface area contributed by atoms with E-state index in [1.54, 1.807) is 18.4 Å². The molecule has 2 rings (SSSR count). The summed E-state index contributed by atoms with van der Waals surface area (Å²) in [6, 6.07) is 8.66. The maximum absolute atomic E-state index is 11.1. The van der Waals surface area contributed by atoms with Crippen LogP contribution in [0.15, 0.2) is 45.5 Å². The monoisotopic (exact) mass is 353 g/mol. The zero-order valence-electron chi connectivity index (χ0n) is 11.7. The molecule has 1 aromatic carbocycles. The Hall–Kier alpha value is -1.86. The summed E-state index contributed by atoms with van der Waals surface area (Å²) in [6.07, 6.45) is 1.62. The summed E-state index contributed by atoms with van der Waals surface area (Å²) in [7, 11) is 3.87. The maximum Gasteiger partial charge on any atom is 0.293 e. The van der Waals surface area contributed by atoms with Crippen molar-refractivity contribution in [3.8, 4) is 0 Å². The Labute approximate surface area is 131 Å². The first kappa shape index (κ1) is 15.5. The number of anilines is 1. The summed E-state index contributed by atoms with van der Waals surface area (Å²) in [6.45, 7) is 0.503. The third-order valence-electron chi connectivity index (χ3n) is 3.14. The topological polar surface area (TPSA) is 71.5 Å². The fraction of sp³-hybridized carbons (Fsp3) is 0.286. The van der Waals surface area contributed by atoms with Gasteiger partial charge in [-0.05, 0) is 38.4 Å². The van der Waals surface area contributed by atoms with Gasteiger partial charge in [0.15, 0.2) is 0 Å². The minimum absolute atomic E-state index is 0.0109. The van der Waals surface area contributed by atoms with Gasteiger partial charge in [-0.1, -0.05) is 15.9 Å². The Morgan fingerprint density at radius 2 is 2.19 bits per heavy atom. The van der Waals surface area contributed by atoms with Gasteiger partial charge in [0.05, 0.1) is 17.2 Å². The number of nitrogens with one attached hydrogen (secondary N) is 1. The van der Waals surface area contributed by atoms with Crippen molar-refractivity contribution < 1.29 is 9.34 Å². The highest BCUT2D eigenvalue weighted by Gasteiger charge is 2.19. The van der Waals surface area contributed by atoms with Crippen molar-refractivity contribution in [1.29, 1.82) is 0 Å². The predicted octanol–water partition coefficient (Wildman–Crippen LogP) is 3.67. The van der Waals surface area contributed by atoms with Crippen LogP contribution in [0.4, 0.5) is 11.4 Å². The van der Waals surface area contributed by atoms with Gasteiger partial charge >= 0.3 is 0 Å². The molecule has 0 aliphatic rings. The lowest BCUT2D eigenvalue weighted by atomic mass is 10.2. The van der Waals surface area contributed by atoms with Gasteiger partial charge in [-0.15, -0.1) is 0 Å². The van der Waals surface area contributed by atoms with Crippen LogP contribution >= 0.6 is 15.9 Å². The first-order valence-electron chi connectivity index (χ1n) is 6.36. The number of rotatable bonds is 6. The van der Waals surface area contributed by atoms with Gasteiger partial charge in [0.25, 0.3) is 5.69 Å². The van der Waals surface area contributed by atoms with E-state index in [2.05, 4.69) is 21.2 Å². The lowest BCUT2D eigenvalue weighted by Gasteiger charge is -2.23. The minimum Gasteiger partial charge on any atom is -0.468 e. The zero-order valence-corrected chi connectivity index (χ0v) is 13.3. The Balaban J connectivity index is 2.16. The third kappa shape index (κ3) is 3.83. The fourth-order valence-corrected chi connectivity index (χ4v) is 2.38. The molecule has 1 unspecified atom stereocenters. The number of nitro groups is 1. The van der Waals surface area contributed by atoms with Crippen LogP contribution < -0.4 is 5.32 Å². The molecule has 2 aromatic rings. The van der Waals surface area contributed by atoms with Crippen molar-refractivity contribution >= 4 is 27.3 Å². The molecule has 0 bridgehead atoms. The number of halogens is 1. The number of likely N-dealkylation sites (N-methyl/N-ethyl adjacent to an activating group) is 1. The van der Waals surface area contributed by atoms with Gasteiger partial charge in [-0.2, -0.15) is 0 Å². The van der Waals surface area contributed by atoms with Gasteiger partial charge < -0.3 is 9.73 Å². The van der Waals surface area contributed by atoms with Crippen LogP contribution in [0.2, 0.25) is 0 Å². The normalized spacial score (nSPS) is 12.4. The molecular formula is C14H16BrN3O3. The predicted molar refractivity (Wildman–Crippen MR) is 84.4 cm³/mol. The van der Waals surface area contributed by atoms with E-state index in [-0.39, 0.29) is 11.7 Å². The van der Waals surface area contributed by atoms with E-state index in [9.17, 15) is 10.1 Å². The van der Waals surface area contributed by atoms with E-state index in [0.717, 1.165) is 5.76 Å². The number of hydrogen-bond donors (Lipinski definition) is 1. The van der Waals surface area contributed by atoms with Gasteiger partial charge in [0.1, 0.15) is 11.4 Å². The molecule has 112 valence electrons. The maximum atomic E-state index is 11.1. The zero-order chi connectivity index (χ0) is 15.4. The smallest absolute Gasteiger partial charge is 0.293 e. The molecule has 21 heavy (non-hydrogen) atoms. The number of furan rings is 1. The Morgan fingerprint density at radius 1 is 1.43 bits per heavy atom. The molecule has 0 amide bonds. The van der Waals surface area contributed by atoms with Gasteiger partial charge in [-0.25, -0.2) is 0 Å². The molecule has 1 atom stereocenters. The Kier molecular flexibility index (Phi) is 4.98. The third-order valence-corrected chi connectivity index (χ3v) is 3.63. The summed E-state index contributed by atoms with van der Waals surface area (Å²) in [5.41, 5.74) is 0.530. The van der Waals surface area contributed by atoms with Gasteiger partial charge in [-0.3, -0.25) is 15.0 Å². The molecule has 0 aliphatic heterocycles. The van der Waals surface area contributed by atoms with Crippen LogP contribution in [0.5, 0.6) is 0 Å². The molecule has 0 saturated heterocycles. The summed E-state index contributed by atoms with van der Waals surface area (Å²) in [5, 5.41) is 14.2. The lowest BCUT2D eigenvalue weighted by Crippen LogP contribution is -2.26. The Morgan fingerprint density at radius 3 is 2.76 bits per heavy atom. The van der Waals surface area contributed by atoms with Crippen LogP contribution in [0, 0.1) is 10.1 Å². The van der Waals surface area contributed by atoms with E-state index in [1.807, 2.05) is 31.1 Å². The Bertz CT molecular complexity index is 614. The summed E-state index contributed by atoms with van der Waals surface area (Å²) >= 11 is 3.24. The number of benzene rings is 1. The van der Waals surface area contributed by atoms with Crippen LogP contribution in [0.3, 0.4) is 0 Å². The molecule has 7 heteroatoms. The first-order chi connectivity index (χ1) is 9.99. The van der Waals surface area contributed by atoms with Crippen LogP contribution in [0.25, 0.3) is 0 Å². The van der Waals surface area contributed by atoms with E-state index < -0.39 is 4.92 Å². The number of hydrogen-bond acceptors (Lipinski definition) is 5. The van der Waals surface area contributed by atoms with Crippen molar-refractivity contribution in [3.05, 3.63) is 56.9 Å².